The molecule has 23 heavy (non-hydrogen) atoms. The first-order chi connectivity index (χ1) is 10.3. The zero-order valence-corrected chi connectivity index (χ0v) is 15.3. The second-order valence-electron chi connectivity index (χ2n) is 5.15. The lowest BCUT2D eigenvalue weighted by atomic mass is 10.2. The Balaban J connectivity index is 0.00000132. The quantitative estimate of drug-likeness (QED) is 0.866. The van der Waals surface area contributed by atoms with Gasteiger partial charge in [-0.2, -0.15) is 0 Å². The molecule has 128 valence electrons. The van der Waals surface area contributed by atoms with E-state index in [4.69, 9.17) is 4.42 Å². The number of halogens is 2. The number of carbonyl (C=O) groups is 1. The van der Waals surface area contributed by atoms with Gasteiger partial charge in [0.05, 0.1) is 12.5 Å². The van der Waals surface area contributed by atoms with Crippen molar-refractivity contribution in [2.75, 3.05) is 19.6 Å². The van der Waals surface area contributed by atoms with Gasteiger partial charge in [-0.15, -0.1) is 36.2 Å². The molecule has 5 nitrogen and oxygen atoms in total. The third kappa shape index (κ3) is 4.47. The normalized spacial score (nSPS) is 16.5. The van der Waals surface area contributed by atoms with E-state index in [1.807, 2.05) is 17.0 Å². The molecule has 1 atom stereocenters. The smallest absolute Gasteiger partial charge is 0.265 e. The molecule has 0 saturated carbocycles. The minimum Gasteiger partial charge on any atom is -0.462 e. The van der Waals surface area contributed by atoms with E-state index in [0.29, 0.717) is 16.7 Å². The number of nitrogens with zero attached hydrogens (tertiary/aromatic N) is 2. The molecule has 0 spiro atoms. The number of thiazole rings is 1. The topological polar surface area (TPSA) is 58.4 Å². The van der Waals surface area contributed by atoms with E-state index in [9.17, 15) is 4.79 Å². The highest BCUT2D eigenvalue weighted by Crippen LogP contribution is 2.27. The fourth-order valence-corrected chi connectivity index (χ4v) is 3.47. The predicted molar refractivity (Wildman–Crippen MR) is 96.9 cm³/mol. The van der Waals surface area contributed by atoms with Crippen molar-refractivity contribution >= 4 is 42.1 Å². The predicted octanol–water partition coefficient (Wildman–Crippen LogP) is 3.46. The molecule has 3 heterocycles. The molecule has 1 unspecified atom stereocenters. The van der Waals surface area contributed by atoms with E-state index in [1.165, 1.54) is 11.3 Å². The summed E-state index contributed by atoms with van der Waals surface area (Å²) in [6, 6.07) is 3.98. The summed E-state index contributed by atoms with van der Waals surface area (Å²) < 4.78 is 5.33. The van der Waals surface area contributed by atoms with Gasteiger partial charge in [-0.05, 0) is 31.5 Å². The van der Waals surface area contributed by atoms with Crippen LogP contribution >= 0.6 is 36.2 Å². The van der Waals surface area contributed by atoms with Gasteiger partial charge in [0.2, 0.25) is 0 Å². The van der Waals surface area contributed by atoms with Crippen LogP contribution < -0.4 is 5.32 Å². The molecule has 1 aliphatic heterocycles. The Hall–Kier alpha value is -1.08. The maximum Gasteiger partial charge on any atom is 0.265 e. The summed E-state index contributed by atoms with van der Waals surface area (Å²) in [6.45, 7) is 4.76. The van der Waals surface area contributed by atoms with Crippen LogP contribution in [0.1, 0.15) is 29.4 Å². The van der Waals surface area contributed by atoms with Crippen LogP contribution in [-0.4, -0.2) is 41.5 Å². The first-order valence-corrected chi connectivity index (χ1v) is 8.12. The van der Waals surface area contributed by atoms with Crippen LogP contribution in [0.5, 0.6) is 0 Å². The molecule has 1 fully saturated rings. The highest BCUT2D eigenvalue weighted by atomic mass is 35.5. The maximum atomic E-state index is 12.7. The van der Waals surface area contributed by atoms with Gasteiger partial charge in [0.1, 0.15) is 4.88 Å². The number of hydrogen-bond acceptors (Lipinski definition) is 5. The van der Waals surface area contributed by atoms with E-state index >= 15 is 0 Å². The van der Waals surface area contributed by atoms with Crippen LogP contribution in [0.4, 0.5) is 0 Å². The highest BCUT2D eigenvalue weighted by molar-refractivity contribution is 7.16. The van der Waals surface area contributed by atoms with Crippen molar-refractivity contribution in [3.8, 4) is 10.8 Å². The molecule has 1 saturated heterocycles. The molecule has 2 aromatic rings. The summed E-state index contributed by atoms with van der Waals surface area (Å²) in [6.07, 6.45) is 5.27. The lowest BCUT2D eigenvalue weighted by Crippen LogP contribution is -2.41. The molecular formula is C15H21Cl2N3O2S. The lowest BCUT2D eigenvalue weighted by Gasteiger charge is -2.27. The zero-order chi connectivity index (χ0) is 14.7. The first kappa shape index (κ1) is 20.0. The zero-order valence-electron chi connectivity index (χ0n) is 12.9. The fourth-order valence-electron chi connectivity index (χ4n) is 2.62. The van der Waals surface area contributed by atoms with E-state index in [-0.39, 0.29) is 30.7 Å². The Bertz CT molecular complexity index is 598. The molecular weight excluding hydrogens is 357 g/mol. The average molecular weight is 378 g/mol. The molecule has 8 heteroatoms. The maximum absolute atomic E-state index is 12.7. The van der Waals surface area contributed by atoms with E-state index in [1.54, 1.807) is 12.5 Å². The minimum atomic E-state index is 0. The fraction of sp³-hybridized carbons (Fsp3) is 0.467. The highest BCUT2D eigenvalue weighted by Gasteiger charge is 2.28. The van der Waals surface area contributed by atoms with Crippen molar-refractivity contribution in [1.29, 1.82) is 0 Å². The van der Waals surface area contributed by atoms with Crippen molar-refractivity contribution in [2.24, 2.45) is 0 Å². The van der Waals surface area contributed by atoms with E-state index in [0.717, 1.165) is 37.5 Å². The SMILES string of the molecule is CCCN(C(=O)c1cnc(-c2ccco2)s1)C1CCNC1.Cl.Cl. The van der Waals surface area contributed by atoms with Gasteiger partial charge in [0.25, 0.3) is 5.91 Å². The molecule has 0 aromatic carbocycles. The molecule has 1 N–H and O–H groups in total. The van der Waals surface area contributed by atoms with Crippen LogP contribution in [0, 0.1) is 0 Å². The molecule has 1 amide bonds. The number of aromatic nitrogens is 1. The summed E-state index contributed by atoms with van der Waals surface area (Å²) in [4.78, 5) is 19.7. The largest absolute Gasteiger partial charge is 0.462 e. The Morgan fingerprint density at radius 2 is 2.35 bits per heavy atom. The molecule has 0 radical (unpaired) electrons. The van der Waals surface area contributed by atoms with Gasteiger partial charge >= 0.3 is 0 Å². The van der Waals surface area contributed by atoms with E-state index in [2.05, 4.69) is 17.2 Å². The molecule has 1 aliphatic rings. The lowest BCUT2D eigenvalue weighted by molar-refractivity contribution is 0.0697. The van der Waals surface area contributed by atoms with Crippen LogP contribution in [-0.2, 0) is 0 Å². The van der Waals surface area contributed by atoms with Gasteiger partial charge in [0.15, 0.2) is 10.8 Å². The van der Waals surface area contributed by atoms with Crippen molar-refractivity contribution < 1.29 is 9.21 Å². The van der Waals surface area contributed by atoms with Gasteiger partial charge < -0.3 is 14.6 Å². The van der Waals surface area contributed by atoms with Gasteiger partial charge in [-0.3, -0.25) is 4.79 Å². The van der Waals surface area contributed by atoms with Crippen LogP contribution in [0.2, 0.25) is 0 Å². The summed E-state index contributed by atoms with van der Waals surface area (Å²) in [5.41, 5.74) is 0. The van der Waals surface area contributed by atoms with Gasteiger partial charge in [-0.1, -0.05) is 6.92 Å². The Morgan fingerprint density at radius 3 is 2.96 bits per heavy atom. The summed E-state index contributed by atoms with van der Waals surface area (Å²) in [7, 11) is 0. The Morgan fingerprint density at radius 1 is 1.52 bits per heavy atom. The summed E-state index contributed by atoms with van der Waals surface area (Å²) in [5, 5.41) is 4.08. The molecule has 0 bridgehead atoms. The number of furan rings is 1. The van der Waals surface area contributed by atoms with Crippen molar-refractivity contribution in [3.05, 3.63) is 29.5 Å². The minimum absolute atomic E-state index is 0. The Labute approximate surface area is 152 Å². The van der Waals surface area contributed by atoms with Crippen molar-refractivity contribution in [3.63, 3.8) is 0 Å². The third-order valence-electron chi connectivity index (χ3n) is 3.65. The monoisotopic (exact) mass is 377 g/mol. The summed E-state index contributed by atoms with van der Waals surface area (Å²) in [5.74, 6) is 0.796. The molecule has 2 aromatic heterocycles. The second-order valence-corrected chi connectivity index (χ2v) is 6.18. The molecule has 0 aliphatic carbocycles. The number of rotatable bonds is 5. The number of amides is 1. The van der Waals surface area contributed by atoms with Crippen LogP contribution in [0.15, 0.2) is 29.0 Å². The number of carbonyl (C=O) groups excluding carboxylic acids is 1. The van der Waals surface area contributed by atoms with Gasteiger partial charge in [-0.25, -0.2) is 4.98 Å². The second kappa shape index (κ2) is 9.27. The van der Waals surface area contributed by atoms with Crippen molar-refractivity contribution in [2.45, 2.75) is 25.8 Å². The van der Waals surface area contributed by atoms with Gasteiger partial charge in [0, 0.05) is 19.1 Å². The van der Waals surface area contributed by atoms with E-state index < -0.39 is 0 Å². The summed E-state index contributed by atoms with van der Waals surface area (Å²) >= 11 is 1.40. The first-order valence-electron chi connectivity index (χ1n) is 7.31. The van der Waals surface area contributed by atoms with Crippen molar-refractivity contribution in [1.82, 2.24) is 15.2 Å². The third-order valence-corrected chi connectivity index (χ3v) is 4.65. The van der Waals surface area contributed by atoms with Crippen LogP contribution in [0.3, 0.4) is 0 Å². The number of nitrogens with one attached hydrogen (secondary N) is 1. The molecule has 3 rings (SSSR count). The number of hydrogen-bond donors (Lipinski definition) is 1. The standard InChI is InChI=1S/C15H19N3O2S.2ClH/c1-2-7-18(11-5-6-16-9-11)15(19)13-10-17-14(21-13)12-4-3-8-20-12;;/h3-4,8,10-11,16H,2,5-7,9H2,1H3;2*1H. The van der Waals surface area contributed by atoms with Crippen LogP contribution in [0.25, 0.3) is 10.8 Å². The average Bonchev–Trinajstić information content (AvgIpc) is 3.25. The Kier molecular flexibility index (Phi) is 8.05.